The fraction of sp³-hybridized carbons (Fsp3) is 0.438. The number of hydrogen-bond donors (Lipinski definition) is 2. The van der Waals surface area contributed by atoms with Crippen LogP contribution in [0.1, 0.15) is 30.9 Å². The van der Waals surface area contributed by atoms with Crippen molar-refractivity contribution in [3.63, 3.8) is 0 Å². The summed E-state index contributed by atoms with van der Waals surface area (Å²) < 4.78 is 14.6. The fourth-order valence-electron chi connectivity index (χ4n) is 2.24. The number of aliphatic hydroxyl groups is 1. The Kier molecular flexibility index (Phi) is 4.75. The molecule has 5 heteroatoms. The van der Waals surface area contributed by atoms with E-state index in [0.717, 1.165) is 11.1 Å². The van der Waals surface area contributed by atoms with Crippen molar-refractivity contribution in [2.24, 2.45) is 7.05 Å². The van der Waals surface area contributed by atoms with Crippen LogP contribution < -0.4 is 5.32 Å². The van der Waals surface area contributed by atoms with Gasteiger partial charge in [0.15, 0.2) is 0 Å². The Morgan fingerprint density at radius 1 is 1.38 bits per heavy atom. The predicted molar refractivity (Wildman–Crippen MR) is 80.5 cm³/mol. The number of nitrogens with zero attached hydrogens (tertiary/aromatic N) is 2. The minimum atomic E-state index is -0.962. The van der Waals surface area contributed by atoms with Gasteiger partial charge in [-0.05, 0) is 30.5 Å². The summed E-state index contributed by atoms with van der Waals surface area (Å²) in [7, 11) is 1.82. The predicted octanol–water partition coefficient (Wildman–Crippen LogP) is 2.16. The van der Waals surface area contributed by atoms with E-state index in [4.69, 9.17) is 0 Å². The van der Waals surface area contributed by atoms with Crippen molar-refractivity contribution in [1.29, 1.82) is 0 Å². The molecule has 2 rings (SSSR count). The van der Waals surface area contributed by atoms with Gasteiger partial charge in [0.1, 0.15) is 11.4 Å². The molecule has 21 heavy (non-hydrogen) atoms. The molecule has 0 saturated heterocycles. The van der Waals surface area contributed by atoms with Gasteiger partial charge in [0.25, 0.3) is 0 Å². The monoisotopic (exact) mass is 291 g/mol. The van der Waals surface area contributed by atoms with Gasteiger partial charge < -0.3 is 10.4 Å². The van der Waals surface area contributed by atoms with Gasteiger partial charge >= 0.3 is 0 Å². The zero-order chi connectivity index (χ0) is 15.5. The van der Waals surface area contributed by atoms with Crippen LogP contribution in [0.4, 0.5) is 4.39 Å². The van der Waals surface area contributed by atoms with Crippen LogP contribution in [0.5, 0.6) is 0 Å². The Morgan fingerprint density at radius 2 is 2.05 bits per heavy atom. The maximum absolute atomic E-state index is 12.9. The molecule has 0 spiro atoms. The van der Waals surface area contributed by atoms with Crippen molar-refractivity contribution < 1.29 is 9.50 Å². The first-order chi connectivity index (χ1) is 9.88. The van der Waals surface area contributed by atoms with Crippen LogP contribution in [-0.2, 0) is 12.6 Å². The maximum atomic E-state index is 12.9. The van der Waals surface area contributed by atoms with Crippen molar-refractivity contribution in [2.45, 2.75) is 25.4 Å². The minimum Gasteiger partial charge on any atom is -0.384 e. The van der Waals surface area contributed by atoms with Crippen molar-refractivity contribution in [3.05, 3.63) is 53.6 Å². The Hall–Kier alpha value is -1.72. The molecule has 114 valence electrons. The number of hydrogen-bond acceptors (Lipinski definition) is 3. The fourth-order valence-corrected chi connectivity index (χ4v) is 2.24. The molecular formula is C16H22FN3O. The topological polar surface area (TPSA) is 50.1 Å². The van der Waals surface area contributed by atoms with Crippen LogP contribution in [0.25, 0.3) is 0 Å². The van der Waals surface area contributed by atoms with E-state index >= 15 is 0 Å². The summed E-state index contributed by atoms with van der Waals surface area (Å²) in [4.78, 5) is 0. The molecule has 0 radical (unpaired) electrons. The van der Waals surface area contributed by atoms with Gasteiger partial charge in [-0.15, -0.1) is 0 Å². The Bertz CT molecular complexity index is 577. The molecule has 1 heterocycles. The lowest BCUT2D eigenvalue weighted by Gasteiger charge is -2.23. The largest absolute Gasteiger partial charge is 0.384 e. The normalized spacial score (nSPS) is 15.7. The molecular weight excluding hydrogens is 269 g/mol. The molecule has 0 unspecified atom stereocenters. The average Bonchev–Trinajstić information content (AvgIpc) is 2.87. The number of halogens is 1. The lowest BCUT2D eigenvalue weighted by atomic mass is 9.98. The molecule has 0 bridgehead atoms. The summed E-state index contributed by atoms with van der Waals surface area (Å²) in [5.74, 6) is 0.0220. The van der Waals surface area contributed by atoms with Crippen molar-refractivity contribution in [1.82, 2.24) is 15.1 Å². The molecule has 2 atom stereocenters. The molecule has 0 aliphatic carbocycles. The molecule has 4 nitrogen and oxygen atoms in total. The molecule has 0 amide bonds. The van der Waals surface area contributed by atoms with Crippen molar-refractivity contribution in [2.75, 3.05) is 13.1 Å². The number of rotatable bonds is 6. The van der Waals surface area contributed by atoms with E-state index in [-0.39, 0.29) is 11.7 Å². The number of aryl methyl sites for hydroxylation is 1. The lowest BCUT2D eigenvalue weighted by Crippen LogP contribution is -2.36. The standard InChI is InChI=1S/C16H22FN3O/c1-12(13-4-6-15(17)7-5-13)8-18-11-16(2,21)14-9-19-20(3)10-14/h4-7,9-10,12,18,21H,8,11H2,1-3H3/t12-,16+/m1/s1. The second-order valence-corrected chi connectivity index (χ2v) is 5.76. The van der Waals surface area contributed by atoms with Gasteiger partial charge in [-0.3, -0.25) is 4.68 Å². The quantitative estimate of drug-likeness (QED) is 0.857. The summed E-state index contributed by atoms with van der Waals surface area (Å²) in [6.07, 6.45) is 3.48. The summed E-state index contributed by atoms with van der Waals surface area (Å²) in [6, 6.07) is 6.52. The molecule has 2 aromatic rings. The highest BCUT2D eigenvalue weighted by Gasteiger charge is 2.24. The molecule has 0 saturated carbocycles. The molecule has 0 aliphatic rings. The van der Waals surface area contributed by atoms with E-state index in [1.165, 1.54) is 12.1 Å². The van der Waals surface area contributed by atoms with Gasteiger partial charge in [-0.1, -0.05) is 19.1 Å². The Labute approximate surface area is 124 Å². The maximum Gasteiger partial charge on any atom is 0.123 e. The van der Waals surface area contributed by atoms with Gasteiger partial charge in [0, 0.05) is 31.9 Å². The van der Waals surface area contributed by atoms with Crippen LogP contribution in [0, 0.1) is 5.82 Å². The zero-order valence-electron chi connectivity index (χ0n) is 12.7. The number of benzene rings is 1. The summed E-state index contributed by atoms with van der Waals surface area (Å²) in [6.45, 7) is 4.98. The third-order valence-electron chi connectivity index (χ3n) is 3.69. The van der Waals surface area contributed by atoms with E-state index in [1.54, 1.807) is 29.9 Å². The van der Waals surface area contributed by atoms with Crippen molar-refractivity contribution >= 4 is 0 Å². The summed E-state index contributed by atoms with van der Waals surface area (Å²) in [5, 5.41) is 17.8. The molecule has 2 N–H and O–H groups in total. The van der Waals surface area contributed by atoms with Crippen LogP contribution in [0.2, 0.25) is 0 Å². The van der Waals surface area contributed by atoms with Gasteiger partial charge in [-0.25, -0.2) is 4.39 Å². The van der Waals surface area contributed by atoms with E-state index < -0.39 is 5.60 Å². The highest BCUT2D eigenvalue weighted by Crippen LogP contribution is 2.19. The van der Waals surface area contributed by atoms with Gasteiger partial charge in [-0.2, -0.15) is 5.10 Å². The number of aromatic nitrogens is 2. The first-order valence-electron chi connectivity index (χ1n) is 7.06. The average molecular weight is 291 g/mol. The first kappa shape index (κ1) is 15.7. The van der Waals surface area contributed by atoms with Crippen LogP contribution >= 0.6 is 0 Å². The molecule has 0 aliphatic heterocycles. The Balaban J connectivity index is 1.87. The molecule has 0 fully saturated rings. The summed E-state index contributed by atoms with van der Waals surface area (Å²) in [5.41, 5.74) is 0.897. The SMILES string of the molecule is C[C@H](CNC[C@](C)(O)c1cnn(C)c1)c1ccc(F)cc1. The van der Waals surface area contributed by atoms with Crippen LogP contribution in [0.3, 0.4) is 0 Å². The smallest absolute Gasteiger partial charge is 0.123 e. The van der Waals surface area contributed by atoms with Gasteiger partial charge in [0.2, 0.25) is 0 Å². The number of nitrogens with one attached hydrogen (secondary N) is 1. The van der Waals surface area contributed by atoms with E-state index in [2.05, 4.69) is 17.3 Å². The molecule has 1 aromatic carbocycles. The van der Waals surface area contributed by atoms with E-state index in [1.807, 2.05) is 13.2 Å². The molecule has 1 aromatic heterocycles. The van der Waals surface area contributed by atoms with Crippen LogP contribution in [-0.4, -0.2) is 28.0 Å². The second-order valence-electron chi connectivity index (χ2n) is 5.76. The summed E-state index contributed by atoms with van der Waals surface area (Å²) >= 11 is 0. The zero-order valence-corrected chi connectivity index (χ0v) is 12.7. The lowest BCUT2D eigenvalue weighted by molar-refractivity contribution is 0.0568. The van der Waals surface area contributed by atoms with Gasteiger partial charge in [0.05, 0.1) is 6.20 Å². The first-order valence-corrected chi connectivity index (χ1v) is 7.06. The Morgan fingerprint density at radius 3 is 2.62 bits per heavy atom. The van der Waals surface area contributed by atoms with E-state index in [0.29, 0.717) is 13.1 Å². The van der Waals surface area contributed by atoms with Crippen LogP contribution in [0.15, 0.2) is 36.7 Å². The highest BCUT2D eigenvalue weighted by atomic mass is 19.1. The highest BCUT2D eigenvalue weighted by molar-refractivity contribution is 5.20. The third-order valence-corrected chi connectivity index (χ3v) is 3.69. The second kappa shape index (κ2) is 6.37. The third kappa shape index (κ3) is 4.12. The van der Waals surface area contributed by atoms with Crippen molar-refractivity contribution in [3.8, 4) is 0 Å². The van der Waals surface area contributed by atoms with E-state index in [9.17, 15) is 9.50 Å². The minimum absolute atomic E-state index is 0.224.